The largest absolute Gasteiger partial charge is 0.384 e. The van der Waals surface area contributed by atoms with Crippen LogP contribution in [0.15, 0.2) is 11.1 Å². The van der Waals surface area contributed by atoms with Gasteiger partial charge in [-0.25, -0.2) is 15.8 Å². The SMILES string of the molecule is COCCSc1cc(C)nc(NN)n1. The van der Waals surface area contributed by atoms with E-state index in [4.69, 9.17) is 10.6 Å². The van der Waals surface area contributed by atoms with Crippen molar-refractivity contribution in [1.29, 1.82) is 0 Å². The third kappa shape index (κ3) is 3.49. The van der Waals surface area contributed by atoms with Crippen molar-refractivity contribution in [2.45, 2.75) is 11.9 Å². The molecule has 0 aliphatic rings. The normalized spacial score (nSPS) is 10.2. The fourth-order valence-corrected chi connectivity index (χ4v) is 1.77. The van der Waals surface area contributed by atoms with Crippen LogP contribution in [0.2, 0.25) is 0 Å². The first-order chi connectivity index (χ1) is 6.76. The Hall–Kier alpha value is -0.850. The van der Waals surface area contributed by atoms with Crippen LogP contribution in [0.4, 0.5) is 5.95 Å². The first kappa shape index (κ1) is 11.2. The van der Waals surface area contributed by atoms with Gasteiger partial charge in [-0.3, -0.25) is 5.43 Å². The van der Waals surface area contributed by atoms with Gasteiger partial charge in [-0.15, -0.1) is 11.8 Å². The van der Waals surface area contributed by atoms with Gasteiger partial charge < -0.3 is 4.74 Å². The lowest BCUT2D eigenvalue weighted by atomic mass is 10.5. The molecule has 0 amide bonds. The van der Waals surface area contributed by atoms with Gasteiger partial charge in [0.05, 0.1) is 6.61 Å². The third-order valence-corrected chi connectivity index (χ3v) is 2.37. The van der Waals surface area contributed by atoms with E-state index in [2.05, 4.69) is 15.4 Å². The van der Waals surface area contributed by atoms with Crippen LogP contribution in [0.25, 0.3) is 0 Å². The number of hydrogen-bond donors (Lipinski definition) is 2. The number of anilines is 1. The Morgan fingerprint density at radius 3 is 3.00 bits per heavy atom. The maximum atomic E-state index is 5.23. The molecule has 0 aliphatic carbocycles. The fourth-order valence-electron chi connectivity index (χ4n) is 0.908. The zero-order valence-electron chi connectivity index (χ0n) is 8.28. The number of hydrazine groups is 1. The topological polar surface area (TPSA) is 73.1 Å². The average molecular weight is 214 g/mol. The second kappa shape index (κ2) is 5.79. The number of rotatable bonds is 5. The van der Waals surface area contributed by atoms with E-state index < -0.39 is 0 Å². The zero-order valence-corrected chi connectivity index (χ0v) is 9.10. The van der Waals surface area contributed by atoms with Crippen molar-refractivity contribution in [2.75, 3.05) is 24.9 Å². The molecule has 0 spiro atoms. The highest BCUT2D eigenvalue weighted by molar-refractivity contribution is 7.99. The molecule has 0 aliphatic heterocycles. The highest BCUT2D eigenvalue weighted by atomic mass is 32.2. The summed E-state index contributed by atoms with van der Waals surface area (Å²) >= 11 is 1.62. The van der Waals surface area contributed by atoms with Crippen molar-refractivity contribution in [3.63, 3.8) is 0 Å². The van der Waals surface area contributed by atoms with Gasteiger partial charge in [0, 0.05) is 18.6 Å². The van der Waals surface area contributed by atoms with E-state index in [1.54, 1.807) is 18.9 Å². The number of nitrogens with two attached hydrogens (primary N) is 1. The van der Waals surface area contributed by atoms with Gasteiger partial charge in [-0.05, 0) is 13.0 Å². The number of aryl methyl sites for hydroxylation is 1. The zero-order chi connectivity index (χ0) is 10.4. The average Bonchev–Trinajstić information content (AvgIpc) is 2.17. The van der Waals surface area contributed by atoms with Crippen molar-refractivity contribution in [2.24, 2.45) is 5.84 Å². The number of aromatic nitrogens is 2. The minimum Gasteiger partial charge on any atom is -0.384 e. The second-order valence-electron chi connectivity index (χ2n) is 2.66. The summed E-state index contributed by atoms with van der Waals surface area (Å²) in [7, 11) is 1.68. The summed E-state index contributed by atoms with van der Waals surface area (Å²) in [6.07, 6.45) is 0. The number of nitrogens with one attached hydrogen (secondary N) is 1. The van der Waals surface area contributed by atoms with Crippen LogP contribution in [0.3, 0.4) is 0 Å². The molecular formula is C8H14N4OS. The van der Waals surface area contributed by atoms with Crippen LogP contribution in [0.5, 0.6) is 0 Å². The lowest BCUT2D eigenvalue weighted by Gasteiger charge is -2.04. The Bertz CT molecular complexity index is 295. The molecule has 1 aromatic rings. The molecule has 0 radical (unpaired) electrons. The molecule has 0 unspecified atom stereocenters. The molecule has 78 valence electrons. The first-order valence-electron chi connectivity index (χ1n) is 4.20. The Morgan fingerprint density at radius 2 is 2.36 bits per heavy atom. The summed E-state index contributed by atoms with van der Waals surface area (Å²) in [6.45, 7) is 2.61. The Labute approximate surface area is 87.4 Å². The monoisotopic (exact) mass is 214 g/mol. The summed E-state index contributed by atoms with van der Waals surface area (Å²) in [5, 5.41) is 0.905. The fraction of sp³-hybridized carbons (Fsp3) is 0.500. The molecule has 1 heterocycles. The summed E-state index contributed by atoms with van der Waals surface area (Å²) < 4.78 is 4.95. The minimum absolute atomic E-state index is 0.449. The molecule has 1 aromatic heterocycles. The predicted octanol–water partition coefficient (Wildman–Crippen LogP) is 0.809. The first-order valence-corrected chi connectivity index (χ1v) is 5.19. The molecule has 0 atom stereocenters. The number of nitrogen functional groups attached to an aromatic ring is 1. The number of methoxy groups -OCH3 is 1. The summed E-state index contributed by atoms with van der Waals surface area (Å²) in [5.74, 6) is 6.55. The highest BCUT2D eigenvalue weighted by Gasteiger charge is 2.00. The van der Waals surface area contributed by atoms with Gasteiger partial charge in [0.1, 0.15) is 5.03 Å². The van der Waals surface area contributed by atoms with Crippen molar-refractivity contribution in [3.05, 3.63) is 11.8 Å². The maximum Gasteiger partial charge on any atom is 0.238 e. The Morgan fingerprint density at radius 1 is 1.57 bits per heavy atom. The molecule has 0 saturated carbocycles. The number of hydrogen-bond acceptors (Lipinski definition) is 6. The lowest BCUT2D eigenvalue weighted by Crippen LogP contribution is -2.11. The molecule has 14 heavy (non-hydrogen) atoms. The quantitative estimate of drug-likeness (QED) is 0.248. The van der Waals surface area contributed by atoms with Gasteiger partial charge in [-0.1, -0.05) is 0 Å². The number of ether oxygens (including phenoxy) is 1. The Balaban J connectivity index is 2.62. The highest BCUT2D eigenvalue weighted by Crippen LogP contribution is 2.16. The van der Waals surface area contributed by atoms with E-state index in [0.717, 1.165) is 16.5 Å². The summed E-state index contributed by atoms with van der Waals surface area (Å²) in [5.41, 5.74) is 3.33. The van der Waals surface area contributed by atoms with Gasteiger partial charge in [-0.2, -0.15) is 0 Å². The van der Waals surface area contributed by atoms with Crippen molar-refractivity contribution in [1.82, 2.24) is 9.97 Å². The minimum atomic E-state index is 0.449. The molecule has 1 rings (SSSR count). The van der Waals surface area contributed by atoms with Crippen LogP contribution in [-0.4, -0.2) is 29.4 Å². The van der Waals surface area contributed by atoms with Crippen molar-refractivity contribution >= 4 is 17.7 Å². The predicted molar refractivity (Wildman–Crippen MR) is 57.2 cm³/mol. The second-order valence-corrected chi connectivity index (χ2v) is 3.77. The van der Waals surface area contributed by atoms with Crippen molar-refractivity contribution < 1.29 is 4.74 Å². The number of thioether (sulfide) groups is 1. The van der Waals surface area contributed by atoms with Crippen LogP contribution < -0.4 is 11.3 Å². The van der Waals surface area contributed by atoms with Crippen LogP contribution in [0, 0.1) is 6.92 Å². The molecule has 0 bridgehead atoms. The summed E-state index contributed by atoms with van der Waals surface area (Å²) in [4.78, 5) is 8.27. The van der Waals surface area contributed by atoms with Crippen molar-refractivity contribution in [3.8, 4) is 0 Å². The lowest BCUT2D eigenvalue weighted by molar-refractivity contribution is 0.218. The molecular weight excluding hydrogens is 200 g/mol. The van der Waals surface area contributed by atoms with Crippen LogP contribution in [-0.2, 0) is 4.74 Å². The smallest absolute Gasteiger partial charge is 0.238 e. The third-order valence-electron chi connectivity index (χ3n) is 1.50. The molecule has 0 aromatic carbocycles. The van der Waals surface area contributed by atoms with E-state index in [1.807, 2.05) is 13.0 Å². The molecule has 0 fully saturated rings. The van der Waals surface area contributed by atoms with Crippen LogP contribution >= 0.6 is 11.8 Å². The van der Waals surface area contributed by atoms with E-state index >= 15 is 0 Å². The van der Waals surface area contributed by atoms with E-state index in [1.165, 1.54) is 0 Å². The van der Waals surface area contributed by atoms with Gasteiger partial charge in [0.15, 0.2) is 0 Å². The standard InChI is InChI=1S/C8H14N4OS/c1-6-5-7(14-4-3-13-2)11-8(10-6)12-9/h5H,3-4,9H2,1-2H3,(H,10,11,12). The van der Waals surface area contributed by atoms with E-state index in [-0.39, 0.29) is 0 Å². The molecule has 6 heteroatoms. The number of nitrogens with zero attached hydrogens (tertiary/aromatic N) is 2. The van der Waals surface area contributed by atoms with Gasteiger partial charge >= 0.3 is 0 Å². The van der Waals surface area contributed by atoms with Gasteiger partial charge in [0.25, 0.3) is 0 Å². The van der Waals surface area contributed by atoms with Crippen LogP contribution in [0.1, 0.15) is 5.69 Å². The van der Waals surface area contributed by atoms with E-state index in [0.29, 0.717) is 12.6 Å². The summed E-state index contributed by atoms with van der Waals surface area (Å²) in [6, 6.07) is 1.92. The molecule has 5 nitrogen and oxygen atoms in total. The van der Waals surface area contributed by atoms with E-state index in [9.17, 15) is 0 Å². The Kier molecular flexibility index (Phi) is 4.64. The van der Waals surface area contributed by atoms with Gasteiger partial charge in [0.2, 0.25) is 5.95 Å². The molecule has 3 N–H and O–H groups in total. The maximum absolute atomic E-state index is 5.23. The molecule has 0 saturated heterocycles.